The minimum absolute atomic E-state index is 0.0492. The van der Waals surface area contributed by atoms with Gasteiger partial charge >= 0.3 is 0 Å². The first-order valence-corrected chi connectivity index (χ1v) is 7.42. The first kappa shape index (κ1) is 16.4. The molecule has 6 heteroatoms. The summed E-state index contributed by atoms with van der Waals surface area (Å²) in [7, 11) is 3.39. The van der Waals surface area contributed by atoms with Gasteiger partial charge in [-0.2, -0.15) is 5.10 Å². The van der Waals surface area contributed by atoms with Gasteiger partial charge in [0.05, 0.1) is 18.9 Å². The molecule has 0 fully saturated rings. The van der Waals surface area contributed by atoms with E-state index >= 15 is 0 Å². The molecule has 0 atom stereocenters. The zero-order valence-corrected chi connectivity index (χ0v) is 14.0. The predicted octanol–water partition coefficient (Wildman–Crippen LogP) is 3.13. The van der Waals surface area contributed by atoms with E-state index in [0.29, 0.717) is 22.9 Å². The van der Waals surface area contributed by atoms with E-state index in [-0.39, 0.29) is 11.9 Å². The van der Waals surface area contributed by atoms with Gasteiger partial charge in [0.15, 0.2) is 0 Å². The van der Waals surface area contributed by atoms with Gasteiger partial charge in [-0.25, -0.2) is 0 Å². The number of methoxy groups -OCH3 is 1. The van der Waals surface area contributed by atoms with Crippen molar-refractivity contribution in [1.29, 1.82) is 0 Å². The second kappa shape index (κ2) is 6.83. The summed E-state index contributed by atoms with van der Waals surface area (Å²) in [6.07, 6.45) is 3.67. The summed E-state index contributed by atoms with van der Waals surface area (Å²) in [5, 5.41) is 4.68. The second-order valence-electron chi connectivity index (χ2n) is 5.39. The van der Waals surface area contributed by atoms with Gasteiger partial charge in [-0.05, 0) is 32.0 Å². The number of hydrogen-bond acceptors (Lipinski definition) is 3. The van der Waals surface area contributed by atoms with E-state index < -0.39 is 0 Å². The molecule has 118 valence electrons. The first-order valence-electron chi connectivity index (χ1n) is 7.04. The quantitative estimate of drug-likeness (QED) is 0.850. The molecule has 0 unspecified atom stereocenters. The topological polar surface area (TPSA) is 47.4 Å². The number of amides is 1. The Morgan fingerprint density at radius 2 is 2.18 bits per heavy atom. The Hall–Kier alpha value is -2.01. The summed E-state index contributed by atoms with van der Waals surface area (Å²) in [5.74, 6) is 0.390. The van der Waals surface area contributed by atoms with E-state index in [1.165, 1.54) is 7.11 Å². The van der Waals surface area contributed by atoms with Crippen molar-refractivity contribution in [1.82, 2.24) is 14.7 Å². The Morgan fingerprint density at radius 1 is 1.45 bits per heavy atom. The minimum atomic E-state index is -0.0904. The number of nitrogens with zero attached hydrogens (tertiary/aromatic N) is 3. The van der Waals surface area contributed by atoms with Crippen LogP contribution in [0.5, 0.6) is 5.75 Å². The second-order valence-corrected chi connectivity index (χ2v) is 5.83. The van der Waals surface area contributed by atoms with Crippen molar-refractivity contribution in [3.05, 3.63) is 46.7 Å². The Morgan fingerprint density at radius 3 is 2.73 bits per heavy atom. The Kier molecular flexibility index (Phi) is 5.08. The number of halogens is 1. The smallest absolute Gasteiger partial charge is 0.258 e. The molecule has 0 saturated carbocycles. The fourth-order valence-electron chi connectivity index (χ4n) is 2.24. The van der Waals surface area contributed by atoms with E-state index in [2.05, 4.69) is 5.10 Å². The number of hydrogen-bond donors (Lipinski definition) is 0. The van der Waals surface area contributed by atoms with Gasteiger partial charge in [0.25, 0.3) is 5.91 Å². The lowest BCUT2D eigenvalue weighted by atomic mass is 10.1. The zero-order chi connectivity index (χ0) is 16.3. The van der Waals surface area contributed by atoms with E-state index in [1.807, 2.05) is 27.1 Å². The van der Waals surface area contributed by atoms with Crippen molar-refractivity contribution < 1.29 is 9.53 Å². The van der Waals surface area contributed by atoms with Crippen molar-refractivity contribution in [2.75, 3.05) is 7.11 Å². The van der Waals surface area contributed by atoms with Crippen LogP contribution in [0.25, 0.3) is 0 Å². The number of carbonyl (C=O) groups is 1. The van der Waals surface area contributed by atoms with Crippen molar-refractivity contribution in [2.45, 2.75) is 26.4 Å². The van der Waals surface area contributed by atoms with E-state index in [4.69, 9.17) is 16.3 Å². The van der Waals surface area contributed by atoms with Crippen molar-refractivity contribution in [3.63, 3.8) is 0 Å². The first-order chi connectivity index (χ1) is 10.4. The van der Waals surface area contributed by atoms with E-state index in [1.54, 1.807) is 34.0 Å². The van der Waals surface area contributed by atoms with Crippen LogP contribution in [0, 0.1) is 0 Å². The molecule has 0 radical (unpaired) electrons. The maximum absolute atomic E-state index is 12.9. The molecule has 22 heavy (non-hydrogen) atoms. The number of ether oxygens (including phenoxy) is 1. The monoisotopic (exact) mass is 321 g/mol. The Bertz CT molecular complexity index is 667. The van der Waals surface area contributed by atoms with Crippen LogP contribution in [-0.2, 0) is 13.6 Å². The predicted molar refractivity (Wildman–Crippen MR) is 86.2 cm³/mol. The molecule has 2 rings (SSSR count). The summed E-state index contributed by atoms with van der Waals surface area (Å²) in [5.41, 5.74) is 1.49. The van der Waals surface area contributed by atoms with Gasteiger partial charge in [-0.15, -0.1) is 0 Å². The number of carbonyl (C=O) groups excluding carboxylic acids is 1. The number of benzene rings is 1. The highest BCUT2D eigenvalue weighted by molar-refractivity contribution is 6.30. The lowest BCUT2D eigenvalue weighted by molar-refractivity contribution is 0.0687. The van der Waals surface area contributed by atoms with Crippen LogP contribution in [-0.4, -0.2) is 33.7 Å². The van der Waals surface area contributed by atoms with Gasteiger partial charge in [0, 0.05) is 36.4 Å². The molecule has 1 heterocycles. The van der Waals surface area contributed by atoms with Crippen LogP contribution >= 0.6 is 11.6 Å². The maximum Gasteiger partial charge on any atom is 0.258 e. The third kappa shape index (κ3) is 3.60. The molecule has 1 aromatic carbocycles. The normalized spacial score (nSPS) is 10.8. The van der Waals surface area contributed by atoms with Crippen LogP contribution in [0.2, 0.25) is 5.02 Å². The third-order valence-corrected chi connectivity index (χ3v) is 3.62. The zero-order valence-electron chi connectivity index (χ0n) is 13.2. The van der Waals surface area contributed by atoms with Gasteiger partial charge in [-0.3, -0.25) is 9.48 Å². The molecule has 0 N–H and O–H groups in total. The van der Waals surface area contributed by atoms with Crippen LogP contribution in [0.4, 0.5) is 0 Å². The maximum atomic E-state index is 12.9. The summed E-state index contributed by atoms with van der Waals surface area (Å²) in [4.78, 5) is 14.6. The molecule has 0 aliphatic rings. The average Bonchev–Trinajstić information content (AvgIpc) is 2.89. The van der Waals surface area contributed by atoms with Crippen LogP contribution < -0.4 is 4.74 Å². The molecule has 1 aromatic heterocycles. The van der Waals surface area contributed by atoms with Gasteiger partial charge in [0.1, 0.15) is 5.75 Å². The van der Waals surface area contributed by atoms with Crippen LogP contribution in [0.15, 0.2) is 30.6 Å². The summed E-state index contributed by atoms with van der Waals surface area (Å²) >= 11 is 5.96. The standard InChI is InChI=1S/C16H20ClN3O2/c1-11(2)20(10-12-8-18-19(3)9-12)16(21)14-6-5-13(17)7-15(14)22-4/h5-9,11H,10H2,1-4H3. The summed E-state index contributed by atoms with van der Waals surface area (Å²) in [6.45, 7) is 4.46. The van der Waals surface area contributed by atoms with Crippen molar-refractivity contribution >= 4 is 17.5 Å². The highest BCUT2D eigenvalue weighted by Gasteiger charge is 2.22. The SMILES string of the molecule is COc1cc(Cl)ccc1C(=O)N(Cc1cnn(C)c1)C(C)C. The number of aromatic nitrogens is 2. The van der Waals surface area contributed by atoms with E-state index in [0.717, 1.165) is 5.56 Å². The lowest BCUT2D eigenvalue weighted by Gasteiger charge is -2.27. The molecule has 0 aliphatic heterocycles. The molecule has 0 spiro atoms. The van der Waals surface area contributed by atoms with Gasteiger partial charge in [0.2, 0.25) is 0 Å². The third-order valence-electron chi connectivity index (χ3n) is 3.39. The molecule has 2 aromatic rings. The minimum Gasteiger partial charge on any atom is -0.496 e. The number of rotatable bonds is 5. The molecular formula is C16H20ClN3O2. The van der Waals surface area contributed by atoms with Crippen LogP contribution in [0.1, 0.15) is 29.8 Å². The van der Waals surface area contributed by atoms with Crippen molar-refractivity contribution in [3.8, 4) is 5.75 Å². The molecule has 1 amide bonds. The summed E-state index contributed by atoms with van der Waals surface area (Å²) < 4.78 is 7.01. The Balaban J connectivity index is 2.30. The lowest BCUT2D eigenvalue weighted by Crippen LogP contribution is -2.36. The van der Waals surface area contributed by atoms with Gasteiger partial charge < -0.3 is 9.64 Å². The largest absolute Gasteiger partial charge is 0.496 e. The summed E-state index contributed by atoms with van der Waals surface area (Å²) in [6, 6.07) is 5.09. The molecule has 0 bridgehead atoms. The fourth-order valence-corrected chi connectivity index (χ4v) is 2.40. The van der Waals surface area contributed by atoms with Crippen molar-refractivity contribution in [2.24, 2.45) is 7.05 Å². The number of aryl methyl sites for hydroxylation is 1. The molecular weight excluding hydrogens is 302 g/mol. The Labute approximate surface area is 135 Å². The molecule has 0 saturated heterocycles. The van der Waals surface area contributed by atoms with Gasteiger partial charge in [-0.1, -0.05) is 11.6 Å². The molecule has 5 nitrogen and oxygen atoms in total. The fraction of sp³-hybridized carbons (Fsp3) is 0.375. The molecule has 0 aliphatic carbocycles. The van der Waals surface area contributed by atoms with E-state index in [9.17, 15) is 4.79 Å². The highest BCUT2D eigenvalue weighted by Crippen LogP contribution is 2.25. The highest BCUT2D eigenvalue weighted by atomic mass is 35.5. The van der Waals surface area contributed by atoms with Crippen LogP contribution in [0.3, 0.4) is 0 Å². The average molecular weight is 322 g/mol.